The van der Waals surface area contributed by atoms with Gasteiger partial charge in [-0.15, -0.1) is 0 Å². The number of hydrogen-bond donors (Lipinski definition) is 1. The van der Waals surface area contributed by atoms with E-state index in [2.05, 4.69) is 42.1 Å². The van der Waals surface area contributed by atoms with Gasteiger partial charge in [0, 0.05) is 7.05 Å². The maximum Gasteiger partial charge on any atom is 0.184 e. The molecule has 0 bridgehead atoms. The zero-order valence-electron chi connectivity index (χ0n) is 11.5. The minimum Gasteiger partial charge on any atom is -0.327 e. The van der Waals surface area contributed by atoms with Crippen molar-refractivity contribution in [2.75, 3.05) is 0 Å². The highest BCUT2D eigenvalue weighted by Crippen LogP contribution is 2.22. The predicted molar refractivity (Wildman–Crippen MR) is 79.4 cm³/mol. The van der Waals surface area contributed by atoms with Crippen molar-refractivity contribution in [2.24, 2.45) is 7.05 Å². The minimum atomic E-state index is 0.705. The highest BCUT2D eigenvalue weighted by Gasteiger charge is 2.14. The molecule has 1 aromatic carbocycles. The van der Waals surface area contributed by atoms with Gasteiger partial charge in [-0.3, -0.25) is 4.57 Å². The summed E-state index contributed by atoms with van der Waals surface area (Å²) in [5.74, 6) is 0. The Labute approximate surface area is 116 Å². The third-order valence-electron chi connectivity index (χ3n) is 3.30. The van der Waals surface area contributed by atoms with Crippen molar-refractivity contribution in [1.29, 1.82) is 0 Å². The Kier molecular flexibility index (Phi) is 2.60. The average molecular weight is 272 g/mol. The second-order valence-electron chi connectivity index (χ2n) is 5.02. The van der Waals surface area contributed by atoms with Crippen LogP contribution in [-0.2, 0) is 7.05 Å². The lowest BCUT2D eigenvalue weighted by Gasteiger charge is -2.07. The molecule has 19 heavy (non-hydrogen) atoms. The van der Waals surface area contributed by atoms with Crippen LogP contribution < -0.4 is 0 Å². The molecule has 0 saturated carbocycles. The molecule has 2 aromatic heterocycles. The van der Waals surface area contributed by atoms with E-state index in [0.29, 0.717) is 4.77 Å². The maximum atomic E-state index is 5.46. The first-order valence-corrected chi connectivity index (χ1v) is 6.61. The summed E-state index contributed by atoms with van der Waals surface area (Å²) < 4.78 is 4.62. The Morgan fingerprint density at radius 3 is 2.37 bits per heavy atom. The molecule has 5 heteroatoms. The van der Waals surface area contributed by atoms with Gasteiger partial charge in [-0.2, -0.15) is 5.10 Å². The molecule has 0 radical (unpaired) electrons. The molecule has 1 N–H and O–H groups in total. The molecule has 0 aliphatic heterocycles. The summed E-state index contributed by atoms with van der Waals surface area (Å²) in [6.07, 6.45) is 0. The molecule has 2 heterocycles. The largest absolute Gasteiger partial charge is 0.327 e. The Bertz CT molecular complexity index is 815. The molecule has 4 nitrogen and oxygen atoms in total. The second-order valence-corrected chi connectivity index (χ2v) is 5.41. The lowest BCUT2D eigenvalue weighted by molar-refractivity contribution is 0.759. The molecule has 0 saturated heterocycles. The Morgan fingerprint density at radius 1 is 1.11 bits per heavy atom. The van der Waals surface area contributed by atoms with Crippen LogP contribution in [0.3, 0.4) is 0 Å². The third-order valence-corrected chi connectivity index (χ3v) is 3.59. The number of aryl methyl sites for hydroxylation is 4. The van der Waals surface area contributed by atoms with E-state index in [1.165, 1.54) is 11.1 Å². The molecule has 0 atom stereocenters. The van der Waals surface area contributed by atoms with Crippen LogP contribution in [0.2, 0.25) is 0 Å². The monoisotopic (exact) mass is 272 g/mol. The molecule has 3 aromatic rings. The fourth-order valence-corrected chi connectivity index (χ4v) is 2.92. The summed E-state index contributed by atoms with van der Waals surface area (Å²) in [5.41, 5.74) is 6.51. The van der Waals surface area contributed by atoms with Gasteiger partial charge in [-0.05, 0) is 56.2 Å². The number of aromatic amines is 1. The molecule has 0 aliphatic carbocycles. The fourth-order valence-electron chi connectivity index (χ4n) is 2.63. The molecule has 0 fully saturated rings. The van der Waals surface area contributed by atoms with Gasteiger partial charge in [-0.1, -0.05) is 6.07 Å². The van der Waals surface area contributed by atoms with E-state index < -0.39 is 0 Å². The predicted octanol–water partition coefficient (Wildman–Crippen LogP) is 3.35. The summed E-state index contributed by atoms with van der Waals surface area (Å²) in [6, 6.07) is 6.43. The van der Waals surface area contributed by atoms with Crippen LogP contribution in [0.15, 0.2) is 18.2 Å². The molecular weight excluding hydrogens is 256 g/mol. The first-order chi connectivity index (χ1) is 8.97. The normalized spacial score (nSPS) is 11.4. The van der Waals surface area contributed by atoms with Crippen molar-refractivity contribution in [3.8, 4) is 5.69 Å². The van der Waals surface area contributed by atoms with Gasteiger partial charge < -0.3 is 4.98 Å². The summed E-state index contributed by atoms with van der Waals surface area (Å²) in [5, 5.41) is 4.44. The van der Waals surface area contributed by atoms with Crippen molar-refractivity contribution < 1.29 is 0 Å². The third kappa shape index (κ3) is 1.81. The lowest BCUT2D eigenvalue weighted by Crippen LogP contribution is -2.01. The van der Waals surface area contributed by atoms with Crippen molar-refractivity contribution in [1.82, 2.24) is 19.3 Å². The van der Waals surface area contributed by atoms with Crippen LogP contribution >= 0.6 is 12.2 Å². The quantitative estimate of drug-likeness (QED) is 0.690. The average Bonchev–Trinajstić information content (AvgIpc) is 2.76. The number of imidazole rings is 1. The van der Waals surface area contributed by atoms with Gasteiger partial charge >= 0.3 is 0 Å². The second kappa shape index (κ2) is 4.06. The molecule has 0 aliphatic rings. The summed E-state index contributed by atoms with van der Waals surface area (Å²) in [4.78, 5) is 3.25. The number of fused-ring (bicyclic) bond motifs is 1. The standard InChI is InChI=1S/C14H16N4S/c1-8-5-9(2)7-11(6-8)18-13-12(15-14(18)19)10(3)16-17(13)4/h5-7H,1-4H3,(H,15,19). The van der Waals surface area contributed by atoms with Crippen LogP contribution in [-0.4, -0.2) is 19.3 Å². The van der Waals surface area contributed by atoms with E-state index >= 15 is 0 Å². The van der Waals surface area contributed by atoms with E-state index in [4.69, 9.17) is 12.2 Å². The first-order valence-electron chi connectivity index (χ1n) is 6.20. The highest BCUT2D eigenvalue weighted by atomic mass is 32.1. The van der Waals surface area contributed by atoms with Gasteiger partial charge in [-0.25, -0.2) is 4.68 Å². The molecule has 98 valence electrons. The Hall–Kier alpha value is -1.88. The van der Waals surface area contributed by atoms with Gasteiger partial charge in [0.25, 0.3) is 0 Å². The van der Waals surface area contributed by atoms with Gasteiger partial charge in [0.05, 0.1) is 11.4 Å². The molecular formula is C14H16N4S. The summed E-state index contributed by atoms with van der Waals surface area (Å²) in [6.45, 7) is 6.18. The maximum absolute atomic E-state index is 5.46. The van der Waals surface area contributed by atoms with Crippen LogP contribution in [0.5, 0.6) is 0 Å². The van der Waals surface area contributed by atoms with E-state index in [1.54, 1.807) is 0 Å². The van der Waals surface area contributed by atoms with Crippen molar-refractivity contribution in [2.45, 2.75) is 20.8 Å². The zero-order valence-corrected chi connectivity index (χ0v) is 12.3. The van der Waals surface area contributed by atoms with Gasteiger partial charge in [0.15, 0.2) is 10.4 Å². The molecule has 0 unspecified atom stereocenters. The number of H-pyrrole nitrogens is 1. The SMILES string of the molecule is Cc1cc(C)cc(-n2c(=S)[nH]c3c(C)nn(C)c32)c1. The topological polar surface area (TPSA) is 38.5 Å². The van der Waals surface area contributed by atoms with Crippen molar-refractivity contribution in [3.63, 3.8) is 0 Å². The van der Waals surface area contributed by atoms with Crippen LogP contribution in [0.1, 0.15) is 16.8 Å². The smallest absolute Gasteiger partial charge is 0.184 e. The number of aromatic nitrogens is 4. The first kappa shape index (κ1) is 12.2. The Balaban J connectivity index is 2.42. The number of hydrogen-bond acceptors (Lipinski definition) is 2. The van der Waals surface area contributed by atoms with Gasteiger partial charge in [0.1, 0.15) is 5.52 Å². The summed E-state index contributed by atoms with van der Waals surface area (Å²) in [7, 11) is 1.94. The van der Waals surface area contributed by atoms with E-state index in [0.717, 1.165) is 22.5 Å². The van der Waals surface area contributed by atoms with E-state index in [-0.39, 0.29) is 0 Å². The van der Waals surface area contributed by atoms with Crippen LogP contribution in [0, 0.1) is 25.5 Å². The molecule has 0 amide bonds. The lowest BCUT2D eigenvalue weighted by atomic mass is 10.1. The minimum absolute atomic E-state index is 0.705. The fraction of sp³-hybridized carbons (Fsp3) is 0.286. The highest BCUT2D eigenvalue weighted by molar-refractivity contribution is 7.71. The van der Waals surface area contributed by atoms with E-state index in [9.17, 15) is 0 Å². The zero-order chi connectivity index (χ0) is 13.7. The number of benzene rings is 1. The van der Waals surface area contributed by atoms with Crippen molar-refractivity contribution >= 4 is 23.4 Å². The molecule has 3 rings (SSSR count). The van der Waals surface area contributed by atoms with Gasteiger partial charge in [0.2, 0.25) is 0 Å². The van der Waals surface area contributed by atoms with E-state index in [1.807, 2.05) is 23.2 Å². The molecule has 0 spiro atoms. The van der Waals surface area contributed by atoms with Crippen molar-refractivity contribution in [3.05, 3.63) is 39.8 Å². The number of nitrogens with zero attached hydrogens (tertiary/aromatic N) is 3. The number of rotatable bonds is 1. The number of nitrogens with one attached hydrogen (secondary N) is 1. The summed E-state index contributed by atoms with van der Waals surface area (Å²) >= 11 is 5.46. The van der Waals surface area contributed by atoms with Crippen LogP contribution in [0.4, 0.5) is 0 Å². The Morgan fingerprint density at radius 2 is 1.74 bits per heavy atom. The van der Waals surface area contributed by atoms with Crippen LogP contribution in [0.25, 0.3) is 16.9 Å².